The molecule has 0 aromatic heterocycles. The first kappa shape index (κ1) is 15.0. The number of benzene rings is 1. The van der Waals surface area contributed by atoms with Gasteiger partial charge in [-0.1, -0.05) is 6.92 Å². The highest BCUT2D eigenvalue weighted by Gasteiger charge is 2.21. The predicted molar refractivity (Wildman–Crippen MR) is 69.7 cm³/mol. The molecule has 19 heavy (non-hydrogen) atoms. The zero-order chi connectivity index (χ0) is 14.3. The van der Waals surface area contributed by atoms with Gasteiger partial charge in [0.2, 0.25) is 0 Å². The molecule has 0 radical (unpaired) electrons. The average Bonchev–Trinajstić information content (AvgIpc) is 2.44. The minimum atomic E-state index is -0.731. The van der Waals surface area contributed by atoms with E-state index in [0.717, 1.165) is 0 Å². The summed E-state index contributed by atoms with van der Waals surface area (Å²) in [4.78, 5) is 22.6. The Morgan fingerprint density at radius 1 is 1.37 bits per heavy atom. The number of aldehydes is 1. The van der Waals surface area contributed by atoms with Crippen molar-refractivity contribution < 1.29 is 23.8 Å². The van der Waals surface area contributed by atoms with Crippen LogP contribution in [-0.4, -0.2) is 32.1 Å². The Kier molecular flexibility index (Phi) is 5.85. The number of ether oxygens (including phenoxy) is 3. The molecule has 0 N–H and O–H groups in total. The van der Waals surface area contributed by atoms with E-state index in [1.807, 2.05) is 6.92 Å². The fourth-order valence-electron chi connectivity index (χ4n) is 1.53. The van der Waals surface area contributed by atoms with Crippen LogP contribution in [0, 0.1) is 0 Å². The minimum absolute atomic E-state index is 0.289. The molecule has 0 aliphatic rings. The summed E-state index contributed by atoms with van der Waals surface area (Å²) in [5, 5.41) is 0. The quantitative estimate of drug-likeness (QED) is 0.559. The molecule has 0 saturated carbocycles. The Bertz CT molecular complexity index is 441. The number of carbonyl (C=O) groups is 2. The number of hydrogen-bond donors (Lipinski definition) is 0. The summed E-state index contributed by atoms with van der Waals surface area (Å²) in [6.45, 7) is 3.83. The van der Waals surface area contributed by atoms with Gasteiger partial charge in [-0.2, -0.15) is 0 Å². The highest BCUT2D eigenvalue weighted by Crippen LogP contribution is 2.25. The van der Waals surface area contributed by atoms with Gasteiger partial charge in [-0.25, -0.2) is 4.79 Å². The standard InChI is InChI=1S/C14H18O5/c1-4-12(14(16)18-5-2)19-13-8-11(17-3)7-6-10(13)9-15/h6-9,12H,4-5H2,1-3H3. The Morgan fingerprint density at radius 3 is 2.63 bits per heavy atom. The SMILES string of the molecule is CCOC(=O)C(CC)Oc1cc(OC)ccc1C=O. The van der Waals surface area contributed by atoms with E-state index in [1.165, 1.54) is 7.11 Å². The summed E-state index contributed by atoms with van der Waals surface area (Å²) in [7, 11) is 1.52. The lowest BCUT2D eigenvalue weighted by atomic mass is 10.2. The van der Waals surface area contributed by atoms with Gasteiger partial charge >= 0.3 is 5.97 Å². The molecule has 0 heterocycles. The molecule has 1 aromatic rings. The lowest BCUT2D eigenvalue weighted by Crippen LogP contribution is -2.29. The predicted octanol–water partition coefficient (Wildman–Crippen LogP) is 2.23. The summed E-state index contributed by atoms with van der Waals surface area (Å²) in [5.74, 6) is 0.429. The Balaban J connectivity index is 2.94. The maximum Gasteiger partial charge on any atom is 0.347 e. The molecule has 0 amide bonds. The summed E-state index contributed by atoms with van der Waals surface area (Å²) in [6.07, 6.45) is 0.395. The van der Waals surface area contributed by atoms with Crippen molar-refractivity contribution in [1.29, 1.82) is 0 Å². The molecule has 104 valence electrons. The molecule has 0 aliphatic carbocycles. The summed E-state index contributed by atoms with van der Waals surface area (Å²) >= 11 is 0. The number of methoxy groups -OCH3 is 1. The highest BCUT2D eigenvalue weighted by atomic mass is 16.6. The van der Waals surface area contributed by atoms with Gasteiger partial charge in [0.05, 0.1) is 19.3 Å². The van der Waals surface area contributed by atoms with Crippen LogP contribution in [0.4, 0.5) is 0 Å². The second-order valence-corrected chi connectivity index (χ2v) is 3.79. The highest BCUT2D eigenvalue weighted by molar-refractivity contribution is 5.81. The van der Waals surface area contributed by atoms with Gasteiger partial charge in [-0.3, -0.25) is 4.79 Å². The molecule has 0 spiro atoms. The lowest BCUT2D eigenvalue weighted by molar-refractivity contribution is -0.151. The monoisotopic (exact) mass is 266 g/mol. The van der Waals surface area contributed by atoms with Crippen LogP contribution < -0.4 is 9.47 Å². The number of carbonyl (C=O) groups excluding carboxylic acids is 2. The van der Waals surface area contributed by atoms with Crippen molar-refractivity contribution >= 4 is 12.3 Å². The third kappa shape index (κ3) is 3.98. The fraction of sp³-hybridized carbons (Fsp3) is 0.429. The van der Waals surface area contributed by atoms with E-state index in [-0.39, 0.29) is 6.61 Å². The zero-order valence-corrected chi connectivity index (χ0v) is 11.3. The Hall–Kier alpha value is -2.04. The molecule has 0 saturated heterocycles. The normalized spacial score (nSPS) is 11.5. The van der Waals surface area contributed by atoms with Gasteiger partial charge in [-0.15, -0.1) is 0 Å². The van der Waals surface area contributed by atoms with Gasteiger partial charge in [-0.05, 0) is 25.5 Å². The molecule has 1 unspecified atom stereocenters. The third-order valence-corrected chi connectivity index (χ3v) is 2.54. The van der Waals surface area contributed by atoms with Crippen molar-refractivity contribution in [3.05, 3.63) is 23.8 Å². The van der Waals surface area contributed by atoms with Gasteiger partial charge < -0.3 is 14.2 Å². The molecule has 0 aliphatic heterocycles. The van der Waals surface area contributed by atoms with E-state index in [9.17, 15) is 9.59 Å². The van der Waals surface area contributed by atoms with Crippen LogP contribution in [0.2, 0.25) is 0 Å². The molecule has 0 bridgehead atoms. The lowest BCUT2D eigenvalue weighted by Gasteiger charge is -2.17. The van der Waals surface area contributed by atoms with Crippen LogP contribution in [0.1, 0.15) is 30.6 Å². The van der Waals surface area contributed by atoms with Crippen LogP contribution in [-0.2, 0) is 9.53 Å². The Morgan fingerprint density at radius 2 is 2.11 bits per heavy atom. The average molecular weight is 266 g/mol. The van der Waals surface area contributed by atoms with E-state index < -0.39 is 12.1 Å². The topological polar surface area (TPSA) is 61.8 Å². The van der Waals surface area contributed by atoms with E-state index in [2.05, 4.69) is 0 Å². The summed E-state index contributed by atoms with van der Waals surface area (Å²) < 4.78 is 15.5. The molecule has 0 fully saturated rings. The van der Waals surface area contributed by atoms with E-state index in [1.54, 1.807) is 25.1 Å². The van der Waals surface area contributed by atoms with E-state index in [0.29, 0.717) is 29.8 Å². The molecule has 1 atom stereocenters. The fourth-order valence-corrected chi connectivity index (χ4v) is 1.53. The maximum absolute atomic E-state index is 11.7. The van der Waals surface area contributed by atoms with Gasteiger partial charge in [0, 0.05) is 6.07 Å². The first-order valence-electron chi connectivity index (χ1n) is 6.12. The molecule has 5 nitrogen and oxygen atoms in total. The van der Waals surface area contributed by atoms with Crippen LogP contribution in [0.5, 0.6) is 11.5 Å². The Labute approximate surface area is 112 Å². The smallest absolute Gasteiger partial charge is 0.347 e. The van der Waals surface area contributed by atoms with Crippen molar-refractivity contribution in [1.82, 2.24) is 0 Å². The van der Waals surface area contributed by atoms with Gasteiger partial charge in [0.15, 0.2) is 12.4 Å². The minimum Gasteiger partial charge on any atom is -0.497 e. The third-order valence-electron chi connectivity index (χ3n) is 2.54. The number of hydrogen-bond acceptors (Lipinski definition) is 5. The number of esters is 1. The van der Waals surface area contributed by atoms with Gasteiger partial charge in [0.1, 0.15) is 11.5 Å². The van der Waals surface area contributed by atoms with Crippen molar-refractivity contribution in [2.24, 2.45) is 0 Å². The summed E-state index contributed by atoms with van der Waals surface area (Å²) in [5.41, 5.74) is 0.364. The van der Waals surface area contributed by atoms with E-state index >= 15 is 0 Å². The molecule has 1 rings (SSSR count). The first-order valence-corrected chi connectivity index (χ1v) is 6.12. The molecular formula is C14H18O5. The van der Waals surface area contributed by atoms with Crippen molar-refractivity contribution in [2.45, 2.75) is 26.4 Å². The van der Waals surface area contributed by atoms with Crippen molar-refractivity contribution in [3.63, 3.8) is 0 Å². The van der Waals surface area contributed by atoms with Crippen molar-refractivity contribution in [3.8, 4) is 11.5 Å². The number of rotatable bonds is 7. The second kappa shape index (κ2) is 7.41. The summed E-state index contributed by atoms with van der Waals surface area (Å²) in [6, 6.07) is 4.81. The largest absolute Gasteiger partial charge is 0.497 e. The molecule has 1 aromatic carbocycles. The first-order chi connectivity index (χ1) is 9.15. The van der Waals surface area contributed by atoms with Crippen molar-refractivity contribution in [2.75, 3.05) is 13.7 Å². The van der Waals surface area contributed by atoms with Gasteiger partial charge in [0.25, 0.3) is 0 Å². The molecular weight excluding hydrogens is 248 g/mol. The zero-order valence-electron chi connectivity index (χ0n) is 11.3. The van der Waals surface area contributed by atoms with Crippen LogP contribution in [0.15, 0.2) is 18.2 Å². The van der Waals surface area contributed by atoms with Crippen LogP contribution in [0.25, 0.3) is 0 Å². The molecule has 5 heteroatoms. The maximum atomic E-state index is 11.7. The second-order valence-electron chi connectivity index (χ2n) is 3.79. The van der Waals surface area contributed by atoms with E-state index in [4.69, 9.17) is 14.2 Å². The van der Waals surface area contributed by atoms with Crippen LogP contribution in [0.3, 0.4) is 0 Å². The van der Waals surface area contributed by atoms with Crippen LogP contribution >= 0.6 is 0 Å².